The lowest BCUT2D eigenvalue weighted by Gasteiger charge is -2.33. The third-order valence-corrected chi connectivity index (χ3v) is 5.27. The largest absolute Gasteiger partial charge is 0.573 e. The molecule has 0 aromatic heterocycles. The van der Waals surface area contributed by atoms with Crippen LogP contribution in [0.1, 0.15) is 30.4 Å². The highest BCUT2D eigenvalue weighted by Gasteiger charge is 2.41. The second-order valence-corrected chi connectivity index (χ2v) is 7.19. The fourth-order valence-corrected chi connectivity index (χ4v) is 4.05. The molecule has 4 nitrogen and oxygen atoms in total. The Labute approximate surface area is 166 Å². The van der Waals surface area contributed by atoms with Crippen molar-refractivity contribution in [2.45, 2.75) is 44.3 Å². The maximum Gasteiger partial charge on any atom is 0.573 e. The number of para-hydroxylation sites is 1. The second-order valence-electron chi connectivity index (χ2n) is 7.19. The minimum atomic E-state index is -4.75. The highest BCUT2D eigenvalue weighted by atomic mass is 19.4. The van der Waals surface area contributed by atoms with Gasteiger partial charge in [0.25, 0.3) is 0 Å². The molecule has 2 aliphatic heterocycles. The van der Waals surface area contributed by atoms with Gasteiger partial charge in [-0.3, -0.25) is 4.90 Å². The number of nitrogens with zero attached hydrogens (tertiary/aromatic N) is 1. The Morgan fingerprint density at radius 3 is 2.48 bits per heavy atom. The van der Waals surface area contributed by atoms with E-state index in [0.29, 0.717) is 12.0 Å². The Morgan fingerprint density at radius 2 is 1.76 bits per heavy atom. The van der Waals surface area contributed by atoms with Gasteiger partial charge in [-0.2, -0.15) is 0 Å². The van der Waals surface area contributed by atoms with E-state index in [0.717, 1.165) is 24.0 Å². The molecular formula is C22H20F3NO3. The average Bonchev–Trinajstić information content (AvgIpc) is 2.96. The predicted molar refractivity (Wildman–Crippen MR) is 101 cm³/mol. The molecule has 2 aromatic carbocycles. The number of fused-ring (bicyclic) bond motifs is 2. The number of benzene rings is 2. The molecule has 0 radical (unpaired) electrons. The van der Waals surface area contributed by atoms with Crippen molar-refractivity contribution in [2.24, 2.45) is 0 Å². The Bertz CT molecular complexity index is 911. The van der Waals surface area contributed by atoms with Crippen molar-refractivity contribution in [1.82, 2.24) is 4.90 Å². The smallest absolute Gasteiger partial charge is 0.445 e. The van der Waals surface area contributed by atoms with Crippen LogP contribution in [0.15, 0.2) is 60.7 Å². The summed E-state index contributed by atoms with van der Waals surface area (Å²) in [5.41, 5.74) is 2.09. The number of hydrogen-bond donors (Lipinski definition) is 0. The van der Waals surface area contributed by atoms with Gasteiger partial charge in [0.2, 0.25) is 0 Å². The highest BCUT2D eigenvalue weighted by molar-refractivity contribution is 5.77. The average molecular weight is 403 g/mol. The van der Waals surface area contributed by atoms with Gasteiger partial charge < -0.3 is 9.47 Å². The van der Waals surface area contributed by atoms with Crippen LogP contribution >= 0.6 is 0 Å². The van der Waals surface area contributed by atoms with E-state index in [1.54, 1.807) is 17.0 Å². The van der Waals surface area contributed by atoms with Crippen LogP contribution in [0.25, 0.3) is 5.57 Å². The summed E-state index contributed by atoms with van der Waals surface area (Å²) in [6, 6.07) is 15.3. The van der Waals surface area contributed by atoms with Gasteiger partial charge in [0.1, 0.15) is 12.4 Å². The first kappa shape index (κ1) is 19.4. The monoisotopic (exact) mass is 403 g/mol. The van der Waals surface area contributed by atoms with E-state index in [1.807, 2.05) is 36.4 Å². The minimum absolute atomic E-state index is 0.0952. The van der Waals surface area contributed by atoms with Crippen LogP contribution in [-0.4, -0.2) is 29.4 Å². The molecule has 2 bridgehead atoms. The number of carbonyl (C=O) groups excluding carboxylic acids is 1. The van der Waals surface area contributed by atoms with E-state index < -0.39 is 12.5 Å². The number of ether oxygens (including phenoxy) is 2. The van der Waals surface area contributed by atoms with Crippen LogP contribution in [0.2, 0.25) is 0 Å². The summed E-state index contributed by atoms with van der Waals surface area (Å²) >= 11 is 0. The van der Waals surface area contributed by atoms with Gasteiger partial charge in [-0.05, 0) is 36.5 Å². The van der Waals surface area contributed by atoms with Gasteiger partial charge in [-0.1, -0.05) is 54.6 Å². The lowest BCUT2D eigenvalue weighted by molar-refractivity contribution is -0.274. The molecule has 2 aromatic rings. The molecule has 1 fully saturated rings. The van der Waals surface area contributed by atoms with Crippen LogP contribution in [-0.2, 0) is 11.3 Å². The van der Waals surface area contributed by atoms with Crippen LogP contribution in [0.5, 0.6) is 5.75 Å². The van der Waals surface area contributed by atoms with E-state index in [2.05, 4.69) is 4.74 Å². The Kier molecular flexibility index (Phi) is 5.22. The topological polar surface area (TPSA) is 38.8 Å². The first-order chi connectivity index (χ1) is 13.9. The maximum absolute atomic E-state index is 12.7. The summed E-state index contributed by atoms with van der Waals surface area (Å²) in [4.78, 5) is 14.3. The highest BCUT2D eigenvalue weighted by Crippen LogP contribution is 2.42. The molecular weight excluding hydrogens is 383 g/mol. The quantitative estimate of drug-likeness (QED) is 0.673. The summed E-state index contributed by atoms with van der Waals surface area (Å²) in [7, 11) is 0. The van der Waals surface area contributed by atoms with Crippen LogP contribution in [0.4, 0.5) is 18.0 Å². The Hall–Kier alpha value is -2.96. The SMILES string of the molecule is O=C(OCc1ccccc1)N1C2C=C(c3ccccc3OC(F)(F)F)CC1CC2. The van der Waals surface area contributed by atoms with Crippen molar-refractivity contribution in [1.29, 1.82) is 0 Å². The van der Waals surface area contributed by atoms with Crippen molar-refractivity contribution in [3.05, 3.63) is 71.8 Å². The molecule has 2 unspecified atom stereocenters. The number of halogens is 3. The number of carbonyl (C=O) groups is 1. The first-order valence-corrected chi connectivity index (χ1v) is 9.45. The van der Waals surface area contributed by atoms with E-state index in [1.165, 1.54) is 12.1 Å². The van der Waals surface area contributed by atoms with E-state index in [9.17, 15) is 18.0 Å². The van der Waals surface area contributed by atoms with Crippen molar-refractivity contribution >= 4 is 11.7 Å². The zero-order valence-electron chi connectivity index (χ0n) is 15.6. The van der Waals surface area contributed by atoms with Gasteiger partial charge in [-0.15, -0.1) is 13.2 Å². The van der Waals surface area contributed by atoms with Crippen molar-refractivity contribution < 1.29 is 27.4 Å². The van der Waals surface area contributed by atoms with Gasteiger partial charge in [0, 0.05) is 11.6 Å². The molecule has 2 atom stereocenters. The standard InChI is InChI=1S/C22H20F3NO3/c23-22(24,25)29-20-9-5-4-8-19(20)16-12-17-10-11-18(13-16)26(17)21(27)28-14-15-6-2-1-3-7-15/h1-9,12,17-18H,10-11,13-14H2. The summed E-state index contributed by atoms with van der Waals surface area (Å²) in [5.74, 6) is -0.217. The summed E-state index contributed by atoms with van der Waals surface area (Å²) in [6.07, 6.45) is -1.26. The molecule has 0 saturated carbocycles. The number of alkyl halides is 3. The molecule has 2 aliphatic rings. The summed E-state index contributed by atoms with van der Waals surface area (Å²) < 4.78 is 47.9. The zero-order valence-corrected chi connectivity index (χ0v) is 15.6. The Morgan fingerprint density at radius 1 is 1.03 bits per heavy atom. The lowest BCUT2D eigenvalue weighted by atomic mass is 9.94. The second kappa shape index (κ2) is 7.81. The van der Waals surface area contributed by atoms with Crippen LogP contribution in [0.3, 0.4) is 0 Å². The third kappa shape index (κ3) is 4.39. The van der Waals surface area contributed by atoms with E-state index >= 15 is 0 Å². The fraction of sp³-hybridized carbons (Fsp3) is 0.318. The first-order valence-electron chi connectivity index (χ1n) is 9.45. The molecule has 4 rings (SSSR count). The number of amides is 1. The van der Waals surface area contributed by atoms with Crippen molar-refractivity contribution in [3.8, 4) is 5.75 Å². The normalized spacial score (nSPS) is 20.9. The van der Waals surface area contributed by atoms with Gasteiger partial charge >= 0.3 is 12.5 Å². The number of hydrogen-bond acceptors (Lipinski definition) is 3. The lowest BCUT2D eigenvalue weighted by Crippen LogP contribution is -2.43. The molecule has 0 aliphatic carbocycles. The van der Waals surface area contributed by atoms with Crippen molar-refractivity contribution in [3.63, 3.8) is 0 Å². The van der Waals surface area contributed by atoms with Crippen LogP contribution < -0.4 is 4.74 Å². The van der Waals surface area contributed by atoms with Gasteiger partial charge in [0.15, 0.2) is 0 Å². The summed E-state index contributed by atoms with van der Waals surface area (Å²) in [5, 5.41) is 0. The van der Waals surface area contributed by atoms with E-state index in [-0.39, 0.29) is 24.4 Å². The molecule has 0 spiro atoms. The molecule has 152 valence electrons. The number of rotatable bonds is 4. The molecule has 1 amide bonds. The molecule has 7 heteroatoms. The van der Waals surface area contributed by atoms with Crippen LogP contribution in [0, 0.1) is 0 Å². The van der Waals surface area contributed by atoms with Gasteiger partial charge in [0.05, 0.1) is 6.04 Å². The van der Waals surface area contributed by atoms with Crippen molar-refractivity contribution in [2.75, 3.05) is 0 Å². The Balaban J connectivity index is 1.50. The van der Waals surface area contributed by atoms with E-state index in [4.69, 9.17) is 4.74 Å². The fourth-order valence-electron chi connectivity index (χ4n) is 4.05. The predicted octanol–water partition coefficient (Wildman–Crippen LogP) is 5.54. The minimum Gasteiger partial charge on any atom is -0.445 e. The molecule has 0 N–H and O–H groups in total. The molecule has 29 heavy (non-hydrogen) atoms. The maximum atomic E-state index is 12.7. The molecule has 1 saturated heterocycles. The zero-order chi connectivity index (χ0) is 20.4. The summed E-state index contributed by atoms with van der Waals surface area (Å²) in [6.45, 7) is 0.189. The molecule has 2 heterocycles. The third-order valence-electron chi connectivity index (χ3n) is 5.27. The van der Waals surface area contributed by atoms with Gasteiger partial charge in [-0.25, -0.2) is 4.79 Å².